The number of hydrogen-bond acceptors (Lipinski definition) is 5. The SMILES string of the molecule is Cc1cccc(NC(=O)COc2ccc(C=C3C(=O)N(C)C(=O)N(C)C3=O)cc2)c1. The highest BCUT2D eigenvalue weighted by Gasteiger charge is 2.37. The molecular formula is C22H21N3O5. The third-order valence-electron chi connectivity index (χ3n) is 4.51. The maximum atomic E-state index is 12.2. The Labute approximate surface area is 173 Å². The lowest BCUT2D eigenvalue weighted by molar-refractivity contribution is -0.134. The lowest BCUT2D eigenvalue weighted by Crippen LogP contribution is -2.52. The molecule has 30 heavy (non-hydrogen) atoms. The number of barbiturate groups is 1. The molecule has 0 saturated carbocycles. The highest BCUT2D eigenvalue weighted by Crippen LogP contribution is 2.20. The second kappa shape index (κ2) is 8.60. The van der Waals surface area contributed by atoms with Crippen molar-refractivity contribution in [1.29, 1.82) is 0 Å². The van der Waals surface area contributed by atoms with Crippen molar-refractivity contribution in [3.8, 4) is 5.75 Å². The minimum atomic E-state index is -0.671. The largest absolute Gasteiger partial charge is 0.484 e. The number of aryl methyl sites for hydroxylation is 1. The molecule has 0 radical (unpaired) electrons. The highest BCUT2D eigenvalue weighted by atomic mass is 16.5. The van der Waals surface area contributed by atoms with Gasteiger partial charge in [-0.25, -0.2) is 4.79 Å². The molecule has 154 valence electrons. The van der Waals surface area contributed by atoms with Crippen LogP contribution in [0.5, 0.6) is 5.75 Å². The summed E-state index contributed by atoms with van der Waals surface area (Å²) in [5.74, 6) is -1.14. The van der Waals surface area contributed by atoms with Gasteiger partial charge in [0, 0.05) is 19.8 Å². The third kappa shape index (κ3) is 4.54. The molecule has 8 heteroatoms. The number of ether oxygens (including phenoxy) is 1. The first-order chi connectivity index (χ1) is 14.3. The van der Waals surface area contributed by atoms with Crippen molar-refractivity contribution in [1.82, 2.24) is 9.80 Å². The van der Waals surface area contributed by atoms with E-state index in [1.54, 1.807) is 30.3 Å². The van der Waals surface area contributed by atoms with E-state index in [4.69, 9.17) is 4.74 Å². The van der Waals surface area contributed by atoms with Gasteiger partial charge >= 0.3 is 6.03 Å². The number of nitrogens with zero attached hydrogens (tertiary/aromatic N) is 2. The number of nitrogens with one attached hydrogen (secondary N) is 1. The van der Waals surface area contributed by atoms with Crippen LogP contribution in [0.15, 0.2) is 54.1 Å². The Morgan fingerprint density at radius 2 is 1.63 bits per heavy atom. The zero-order chi connectivity index (χ0) is 21.8. The number of amides is 5. The Morgan fingerprint density at radius 1 is 1.00 bits per heavy atom. The van der Waals surface area contributed by atoms with Crippen LogP contribution in [0.4, 0.5) is 10.5 Å². The van der Waals surface area contributed by atoms with E-state index in [9.17, 15) is 19.2 Å². The fourth-order valence-corrected chi connectivity index (χ4v) is 2.87. The van der Waals surface area contributed by atoms with E-state index in [2.05, 4.69) is 5.32 Å². The van der Waals surface area contributed by atoms with Gasteiger partial charge in [0.2, 0.25) is 0 Å². The quantitative estimate of drug-likeness (QED) is 0.607. The minimum Gasteiger partial charge on any atom is -0.484 e. The van der Waals surface area contributed by atoms with Crippen molar-refractivity contribution in [2.45, 2.75) is 6.92 Å². The van der Waals surface area contributed by atoms with E-state index in [0.717, 1.165) is 15.4 Å². The van der Waals surface area contributed by atoms with Gasteiger partial charge in [0.05, 0.1) is 0 Å². The van der Waals surface area contributed by atoms with Gasteiger partial charge < -0.3 is 10.1 Å². The second-order valence-electron chi connectivity index (χ2n) is 6.84. The molecule has 1 aliphatic rings. The van der Waals surface area contributed by atoms with Crippen molar-refractivity contribution in [2.75, 3.05) is 26.0 Å². The predicted octanol–water partition coefficient (Wildman–Crippen LogP) is 2.45. The average molecular weight is 407 g/mol. The maximum absolute atomic E-state index is 12.2. The summed E-state index contributed by atoms with van der Waals surface area (Å²) in [7, 11) is 2.64. The van der Waals surface area contributed by atoms with Crippen LogP contribution in [0, 0.1) is 6.92 Å². The van der Waals surface area contributed by atoms with E-state index < -0.39 is 17.8 Å². The maximum Gasteiger partial charge on any atom is 0.333 e. The van der Waals surface area contributed by atoms with Gasteiger partial charge in [0.1, 0.15) is 11.3 Å². The number of benzene rings is 2. The van der Waals surface area contributed by atoms with Crippen LogP contribution < -0.4 is 10.1 Å². The molecule has 3 rings (SSSR count). The molecule has 1 N–H and O–H groups in total. The van der Waals surface area contributed by atoms with E-state index in [0.29, 0.717) is 17.0 Å². The topological polar surface area (TPSA) is 96.0 Å². The van der Waals surface area contributed by atoms with Gasteiger partial charge in [-0.3, -0.25) is 24.2 Å². The fourth-order valence-electron chi connectivity index (χ4n) is 2.87. The molecule has 0 unspecified atom stereocenters. The molecule has 0 atom stereocenters. The number of imide groups is 2. The van der Waals surface area contributed by atoms with Crippen molar-refractivity contribution >= 4 is 35.5 Å². The molecule has 0 bridgehead atoms. The van der Waals surface area contributed by atoms with Crippen molar-refractivity contribution in [3.63, 3.8) is 0 Å². The first kappa shape index (κ1) is 20.8. The zero-order valence-electron chi connectivity index (χ0n) is 16.8. The van der Waals surface area contributed by atoms with E-state index >= 15 is 0 Å². The standard InChI is InChI=1S/C22H21N3O5/c1-14-5-4-6-16(11-14)23-19(26)13-30-17-9-7-15(8-10-17)12-18-20(27)24(2)22(29)25(3)21(18)28/h4-12H,13H2,1-3H3,(H,23,26). The van der Waals surface area contributed by atoms with Gasteiger partial charge in [-0.1, -0.05) is 24.3 Å². The molecule has 1 aliphatic heterocycles. The smallest absolute Gasteiger partial charge is 0.333 e. The summed E-state index contributed by atoms with van der Waals surface area (Å²) in [6, 6.07) is 13.3. The average Bonchev–Trinajstić information content (AvgIpc) is 2.73. The third-order valence-corrected chi connectivity index (χ3v) is 4.51. The number of rotatable bonds is 5. The first-order valence-electron chi connectivity index (χ1n) is 9.17. The molecule has 1 heterocycles. The summed E-state index contributed by atoms with van der Waals surface area (Å²) in [5, 5.41) is 2.75. The number of likely N-dealkylation sites (N-methyl/N-ethyl adjacent to an activating group) is 2. The number of hydrogen-bond donors (Lipinski definition) is 1. The van der Waals surface area contributed by atoms with Gasteiger partial charge in [0.15, 0.2) is 6.61 Å². The monoisotopic (exact) mass is 407 g/mol. The molecule has 0 aliphatic carbocycles. The van der Waals surface area contributed by atoms with Crippen molar-refractivity contribution in [2.24, 2.45) is 0 Å². The summed E-state index contributed by atoms with van der Waals surface area (Å²) < 4.78 is 5.48. The molecular weight excluding hydrogens is 386 g/mol. The van der Waals surface area contributed by atoms with E-state index in [1.807, 2.05) is 25.1 Å². The molecule has 5 amide bonds. The van der Waals surface area contributed by atoms with Crippen molar-refractivity contribution < 1.29 is 23.9 Å². The lowest BCUT2D eigenvalue weighted by atomic mass is 10.1. The lowest BCUT2D eigenvalue weighted by Gasteiger charge is -2.28. The van der Waals surface area contributed by atoms with Crippen LogP contribution in [-0.2, 0) is 14.4 Å². The van der Waals surface area contributed by atoms with Crippen LogP contribution >= 0.6 is 0 Å². The molecule has 2 aromatic rings. The summed E-state index contributed by atoms with van der Waals surface area (Å²) >= 11 is 0. The Morgan fingerprint density at radius 3 is 2.23 bits per heavy atom. The van der Waals surface area contributed by atoms with Gasteiger partial charge in [-0.15, -0.1) is 0 Å². The van der Waals surface area contributed by atoms with Crippen LogP contribution in [0.3, 0.4) is 0 Å². The summed E-state index contributed by atoms with van der Waals surface area (Å²) in [6.45, 7) is 1.77. The number of carbonyl (C=O) groups is 4. The predicted molar refractivity (Wildman–Crippen MR) is 111 cm³/mol. The van der Waals surface area contributed by atoms with E-state index in [-0.39, 0.29) is 18.1 Å². The summed E-state index contributed by atoms with van der Waals surface area (Å²) in [4.78, 5) is 50.0. The van der Waals surface area contributed by atoms with Gasteiger partial charge in [-0.05, 0) is 48.4 Å². The van der Waals surface area contributed by atoms with Gasteiger partial charge in [0.25, 0.3) is 17.7 Å². The molecule has 8 nitrogen and oxygen atoms in total. The minimum absolute atomic E-state index is 0.106. The normalized spacial score (nSPS) is 14.1. The molecule has 1 saturated heterocycles. The van der Waals surface area contributed by atoms with Crippen LogP contribution in [0.2, 0.25) is 0 Å². The highest BCUT2D eigenvalue weighted by molar-refractivity contribution is 6.30. The Bertz CT molecular complexity index is 1020. The van der Waals surface area contributed by atoms with Gasteiger partial charge in [-0.2, -0.15) is 0 Å². The zero-order valence-corrected chi connectivity index (χ0v) is 16.8. The summed E-state index contributed by atoms with van der Waals surface area (Å²) in [5.41, 5.74) is 2.21. The van der Waals surface area contributed by atoms with Crippen LogP contribution in [0.25, 0.3) is 6.08 Å². The fraction of sp³-hybridized carbons (Fsp3) is 0.182. The first-order valence-corrected chi connectivity index (χ1v) is 9.17. The van der Waals surface area contributed by atoms with Crippen molar-refractivity contribution in [3.05, 3.63) is 65.2 Å². The molecule has 1 fully saturated rings. The van der Waals surface area contributed by atoms with Crippen LogP contribution in [-0.4, -0.2) is 54.3 Å². The Balaban J connectivity index is 1.63. The molecule has 0 aromatic heterocycles. The summed E-state index contributed by atoms with van der Waals surface area (Å²) in [6.07, 6.45) is 1.42. The second-order valence-corrected chi connectivity index (χ2v) is 6.84. The number of carbonyl (C=O) groups excluding carboxylic acids is 4. The van der Waals surface area contributed by atoms with E-state index in [1.165, 1.54) is 20.2 Å². The number of anilines is 1. The molecule has 0 spiro atoms. The number of urea groups is 1. The Kier molecular flexibility index (Phi) is 5.96. The molecule has 2 aromatic carbocycles. The Hall–Kier alpha value is -3.94. The van der Waals surface area contributed by atoms with Crippen LogP contribution in [0.1, 0.15) is 11.1 Å².